The molecule has 0 aromatic heterocycles. The van der Waals surface area contributed by atoms with Crippen LogP contribution in [0.3, 0.4) is 0 Å². The highest BCUT2D eigenvalue weighted by Gasteiger charge is 2.61. The van der Waals surface area contributed by atoms with Crippen LogP contribution in [0, 0.1) is 11.8 Å². The molecule has 3 aliphatic rings. The monoisotopic (exact) mass is 632 g/mol. The molecule has 3 N–H and O–H groups in total. The first kappa shape index (κ1) is 32.7. The number of carboxylic acids is 1. The number of hydrogen-bond acceptors (Lipinski definition) is 8. The molecule has 244 valence electrons. The maximum atomic E-state index is 14.1. The van der Waals surface area contributed by atoms with Gasteiger partial charge in [-0.3, -0.25) is 14.8 Å². The van der Waals surface area contributed by atoms with Gasteiger partial charge in [-0.1, -0.05) is 73.6 Å². The van der Waals surface area contributed by atoms with Crippen LogP contribution in [0.5, 0.6) is 0 Å². The van der Waals surface area contributed by atoms with Crippen LogP contribution in [0.2, 0.25) is 0 Å². The molecular formula is C34H40N4O8. The Morgan fingerprint density at radius 2 is 1.63 bits per heavy atom. The Labute approximate surface area is 267 Å². The number of ether oxygens (including phenoxy) is 1. The Balaban J connectivity index is 1.44. The number of nitrogens with zero attached hydrogens (tertiary/aromatic N) is 3. The lowest BCUT2D eigenvalue weighted by atomic mass is 10.0. The Morgan fingerprint density at radius 1 is 1.07 bits per heavy atom. The summed E-state index contributed by atoms with van der Waals surface area (Å²) >= 11 is 0. The van der Waals surface area contributed by atoms with Gasteiger partial charge in [0.15, 0.2) is 0 Å². The van der Waals surface area contributed by atoms with E-state index in [4.69, 9.17) is 9.57 Å². The van der Waals surface area contributed by atoms with Gasteiger partial charge in [-0.25, -0.2) is 9.59 Å². The van der Waals surface area contributed by atoms with E-state index in [2.05, 4.69) is 17.1 Å². The number of carboxylic acid groups (broad SMARTS) is 1. The summed E-state index contributed by atoms with van der Waals surface area (Å²) in [5.74, 6) is -3.67. The molecular weight excluding hydrogens is 592 g/mol. The Hall–Kier alpha value is -4.71. The van der Waals surface area contributed by atoms with Crippen molar-refractivity contribution in [1.82, 2.24) is 15.3 Å². The third-order valence-corrected chi connectivity index (χ3v) is 8.55. The van der Waals surface area contributed by atoms with Gasteiger partial charge in [-0.2, -0.15) is 5.06 Å². The lowest BCUT2D eigenvalue weighted by Crippen LogP contribution is -2.58. The molecule has 0 bridgehead atoms. The molecule has 0 spiro atoms. The van der Waals surface area contributed by atoms with Crippen LogP contribution in [-0.2, 0) is 24.0 Å². The largest absolute Gasteiger partial charge is 0.479 e. The molecule has 1 saturated heterocycles. The predicted molar refractivity (Wildman–Crippen MR) is 168 cm³/mol. The zero-order chi connectivity index (χ0) is 33.6. The number of nitrogens with one attached hydrogen (secondary N) is 1. The summed E-state index contributed by atoms with van der Waals surface area (Å²) in [6.07, 6.45) is -0.236. The average Bonchev–Trinajstić information content (AvgIpc) is 3.39. The highest BCUT2D eigenvalue weighted by Crippen LogP contribution is 2.45. The third-order valence-electron chi connectivity index (χ3n) is 8.55. The molecule has 5 atom stereocenters. The number of amides is 3. The lowest BCUT2D eigenvalue weighted by molar-refractivity contribution is -0.166. The van der Waals surface area contributed by atoms with Crippen LogP contribution in [0.25, 0.3) is 11.1 Å². The van der Waals surface area contributed by atoms with E-state index in [9.17, 15) is 29.5 Å². The summed E-state index contributed by atoms with van der Waals surface area (Å²) in [6.45, 7) is 11.7. The third kappa shape index (κ3) is 6.09. The molecule has 12 nitrogen and oxygen atoms in total. The van der Waals surface area contributed by atoms with Gasteiger partial charge in [0.2, 0.25) is 11.8 Å². The van der Waals surface area contributed by atoms with E-state index >= 15 is 0 Å². The highest BCUT2D eigenvalue weighted by molar-refractivity contribution is 6.24. The van der Waals surface area contributed by atoms with E-state index in [-0.39, 0.29) is 24.4 Å². The summed E-state index contributed by atoms with van der Waals surface area (Å²) in [4.78, 5) is 60.0. The second-order valence-corrected chi connectivity index (χ2v) is 13.3. The van der Waals surface area contributed by atoms with Gasteiger partial charge in [0, 0.05) is 23.5 Å². The van der Waals surface area contributed by atoms with E-state index in [1.54, 1.807) is 34.6 Å². The van der Waals surface area contributed by atoms with Crippen LogP contribution in [0.1, 0.15) is 58.6 Å². The summed E-state index contributed by atoms with van der Waals surface area (Å²) in [7, 11) is 0. The topological polar surface area (TPSA) is 158 Å². The van der Waals surface area contributed by atoms with E-state index in [1.165, 1.54) is 11.0 Å². The molecule has 5 rings (SSSR count). The smallest absolute Gasteiger partial charge is 0.435 e. The molecule has 46 heavy (non-hydrogen) atoms. The van der Waals surface area contributed by atoms with Crippen LogP contribution in [0.4, 0.5) is 4.79 Å². The number of oxime groups is 1. The maximum Gasteiger partial charge on any atom is 0.435 e. The number of hydrogen-bond donors (Lipinski definition) is 3. The molecule has 2 aromatic carbocycles. The number of carbonyl (C=O) groups is 4. The quantitative estimate of drug-likeness (QED) is 0.180. The van der Waals surface area contributed by atoms with Crippen molar-refractivity contribution in [3.8, 4) is 11.1 Å². The van der Waals surface area contributed by atoms with Crippen molar-refractivity contribution in [2.24, 2.45) is 17.0 Å². The minimum atomic E-state index is -1.53. The van der Waals surface area contributed by atoms with Crippen LogP contribution >= 0.6 is 0 Å². The molecule has 1 heterocycles. The fourth-order valence-corrected chi connectivity index (χ4v) is 6.17. The minimum absolute atomic E-state index is 0.00518. The van der Waals surface area contributed by atoms with Gasteiger partial charge >= 0.3 is 12.1 Å². The number of fused-ring (bicyclic) bond motifs is 3. The van der Waals surface area contributed by atoms with Gasteiger partial charge in [-0.05, 0) is 44.2 Å². The van der Waals surface area contributed by atoms with Crippen LogP contribution in [0.15, 0.2) is 66.3 Å². The molecule has 0 radical (unpaired) electrons. The standard InChI is InChI=1S/C34H40N4O8/c1-7-20-17-34(20,31(41)42)35-29(39)26-16-21(18-37(26)30(40)28(19(2)3)38(44)32(43)45-33(4,5)6)46-36-27-24-14-10-8-12-22(24)23-13-9-11-15-25(23)27/h7-15,19-21,26,28,44H,1,16-18H2,2-6H3,(H,35,39)(H,41,42)/t20-,21-,26+,28-,34+/m1/s1. The first-order valence-electron chi connectivity index (χ1n) is 15.3. The summed E-state index contributed by atoms with van der Waals surface area (Å²) in [6, 6.07) is 13.0. The number of carbonyl (C=O) groups excluding carboxylic acids is 3. The molecule has 1 aliphatic heterocycles. The van der Waals surface area contributed by atoms with Crippen molar-refractivity contribution in [2.45, 2.75) is 76.8 Å². The number of hydroxylamine groups is 2. The Kier molecular flexibility index (Phi) is 8.69. The zero-order valence-electron chi connectivity index (χ0n) is 26.6. The first-order valence-corrected chi connectivity index (χ1v) is 15.3. The summed E-state index contributed by atoms with van der Waals surface area (Å²) in [5.41, 5.74) is 1.92. The lowest BCUT2D eigenvalue weighted by Gasteiger charge is -2.34. The van der Waals surface area contributed by atoms with Crippen molar-refractivity contribution >= 4 is 29.6 Å². The summed E-state index contributed by atoms with van der Waals surface area (Å²) in [5, 5.41) is 28.2. The molecule has 1 saturated carbocycles. The van der Waals surface area contributed by atoms with E-state index in [0.717, 1.165) is 22.3 Å². The molecule has 0 unspecified atom stereocenters. The Bertz CT molecular complexity index is 1550. The number of likely N-dealkylation sites (tertiary alicyclic amines) is 1. The van der Waals surface area contributed by atoms with E-state index in [0.29, 0.717) is 5.71 Å². The molecule has 12 heteroatoms. The predicted octanol–water partition coefficient (Wildman–Crippen LogP) is 4.20. The Morgan fingerprint density at radius 3 is 2.11 bits per heavy atom. The molecule has 2 aliphatic carbocycles. The van der Waals surface area contributed by atoms with Crippen LogP contribution in [-0.4, -0.2) is 85.7 Å². The van der Waals surface area contributed by atoms with Gasteiger partial charge in [0.25, 0.3) is 0 Å². The minimum Gasteiger partial charge on any atom is -0.479 e. The number of aliphatic carboxylic acids is 1. The molecule has 2 fully saturated rings. The van der Waals surface area contributed by atoms with Crippen molar-refractivity contribution < 1.29 is 39.1 Å². The van der Waals surface area contributed by atoms with Gasteiger partial charge in [0.05, 0.1) is 6.54 Å². The van der Waals surface area contributed by atoms with Crippen molar-refractivity contribution in [1.29, 1.82) is 0 Å². The average molecular weight is 633 g/mol. The van der Waals surface area contributed by atoms with Crippen molar-refractivity contribution in [3.63, 3.8) is 0 Å². The summed E-state index contributed by atoms with van der Waals surface area (Å²) < 4.78 is 5.29. The zero-order valence-corrected chi connectivity index (χ0v) is 26.6. The SMILES string of the molecule is C=C[C@@H]1C[C@@]1(NC(=O)[C@@H]1C[C@@H](ON=C2c3ccccc3-c3ccccc32)CN1C(=O)[C@@H](C(C)C)N(O)C(=O)OC(C)(C)C)C(=O)O. The molecule has 3 amide bonds. The van der Waals surface area contributed by atoms with Crippen molar-refractivity contribution in [2.75, 3.05) is 6.54 Å². The second kappa shape index (κ2) is 12.2. The highest BCUT2D eigenvalue weighted by atomic mass is 16.6. The van der Waals surface area contributed by atoms with Gasteiger partial charge in [-0.15, -0.1) is 6.58 Å². The van der Waals surface area contributed by atoms with E-state index in [1.807, 2.05) is 48.5 Å². The number of rotatable bonds is 9. The molecule has 2 aromatic rings. The van der Waals surface area contributed by atoms with Gasteiger partial charge in [0.1, 0.15) is 35.0 Å². The fraction of sp³-hybridized carbons (Fsp3) is 0.441. The maximum absolute atomic E-state index is 14.1. The van der Waals surface area contributed by atoms with Gasteiger partial charge < -0.3 is 24.9 Å². The normalized spacial score (nSPS) is 23.6. The van der Waals surface area contributed by atoms with Crippen molar-refractivity contribution in [3.05, 3.63) is 72.3 Å². The number of benzene rings is 2. The fourth-order valence-electron chi connectivity index (χ4n) is 6.17. The second-order valence-electron chi connectivity index (χ2n) is 13.3. The van der Waals surface area contributed by atoms with Crippen LogP contribution < -0.4 is 5.32 Å². The van der Waals surface area contributed by atoms with E-state index < -0.39 is 65.0 Å². The first-order chi connectivity index (χ1) is 21.7.